The van der Waals surface area contributed by atoms with Gasteiger partial charge >= 0.3 is 0 Å². The molecule has 1 saturated heterocycles. The molecule has 1 N–H and O–H groups in total. The molecule has 0 saturated carbocycles. The van der Waals surface area contributed by atoms with Crippen molar-refractivity contribution in [2.24, 2.45) is 11.8 Å². The molecule has 1 amide bonds. The van der Waals surface area contributed by atoms with Crippen molar-refractivity contribution >= 4 is 11.6 Å². The second-order valence-electron chi connectivity index (χ2n) is 8.48. The lowest BCUT2D eigenvalue weighted by Crippen LogP contribution is -2.31. The summed E-state index contributed by atoms with van der Waals surface area (Å²) in [5.74, 6) is 3.76. The molecule has 2 atom stereocenters. The van der Waals surface area contributed by atoms with Crippen LogP contribution in [0.15, 0.2) is 48.5 Å². The summed E-state index contributed by atoms with van der Waals surface area (Å²) in [5, 5.41) is 11.5. The van der Waals surface area contributed by atoms with Gasteiger partial charge in [-0.05, 0) is 41.7 Å². The molecule has 3 aromatic rings. The van der Waals surface area contributed by atoms with Gasteiger partial charge in [0.05, 0.1) is 0 Å². The zero-order chi connectivity index (χ0) is 20.8. The van der Waals surface area contributed by atoms with E-state index in [9.17, 15) is 4.79 Å². The average Bonchev–Trinajstić information content (AvgIpc) is 3.49. The Morgan fingerprint density at radius 1 is 1.00 bits per heavy atom. The maximum absolute atomic E-state index is 12.8. The number of likely N-dealkylation sites (tertiary alicyclic amines) is 1. The Hall–Kier alpha value is -3.39. The molecule has 158 valence electrons. The van der Waals surface area contributed by atoms with Gasteiger partial charge in [0.1, 0.15) is 5.82 Å². The van der Waals surface area contributed by atoms with Gasteiger partial charge in [-0.3, -0.25) is 9.69 Å². The molecule has 0 aliphatic carbocycles. The minimum Gasteiger partial charge on any atom is -0.454 e. The molecule has 0 radical (unpaired) electrons. The summed E-state index contributed by atoms with van der Waals surface area (Å²) in [4.78, 5) is 15.3. The van der Waals surface area contributed by atoms with Gasteiger partial charge in [0.2, 0.25) is 12.6 Å². The van der Waals surface area contributed by atoms with Gasteiger partial charge in [0.25, 0.3) is 5.91 Å². The van der Waals surface area contributed by atoms with Crippen LogP contribution < -0.4 is 14.8 Å². The van der Waals surface area contributed by atoms with E-state index < -0.39 is 0 Å². The molecule has 8 nitrogen and oxygen atoms in total. The van der Waals surface area contributed by atoms with Crippen molar-refractivity contribution < 1.29 is 14.3 Å². The smallest absolute Gasteiger partial charge is 0.293 e. The highest BCUT2D eigenvalue weighted by atomic mass is 16.7. The molecule has 1 fully saturated rings. The highest BCUT2D eigenvalue weighted by molar-refractivity contribution is 6.01. The van der Waals surface area contributed by atoms with Gasteiger partial charge in [-0.1, -0.05) is 24.3 Å². The van der Waals surface area contributed by atoms with Crippen LogP contribution in [0.3, 0.4) is 0 Å². The summed E-state index contributed by atoms with van der Waals surface area (Å²) < 4.78 is 12.9. The minimum atomic E-state index is -0.210. The first-order valence-electron chi connectivity index (χ1n) is 10.6. The van der Waals surface area contributed by atoms with Crippen molar-refractivity contribution in [2.75, 3.05) is 25.2 Å². The summed E-state index contributed by atoms with van der Waals surface area (Å²) in [7, 11) is 0. The van der Waals surface area contributed by atoms with E-state index >= 15 is 0 Å². The number of carbonyl (C=O) groups excluding carboxylic acids is 1. The van der Waals surface area contributed by atoms with Crippen LogP contribution in [0.5, 0.6) is 11.5 Å². The predicted molar refractivity (Wildman–Crippen MR) is 113 cm³/mol. The van der Waals surface area contributed by atoms with E-state index in [1.807, 2.05) is 41.0 Å². The molecule has 4 heterocycles. The molecular formula is C23H23N5O3. The third-order valence-corrected chi connectivity index (χ3v) is 6.42. The molecule has 0 bridgehead atoms. The van der Waals surface area contributed by atoms with Crippen molar-refractivity contribution in [3.05, 3.63) is 65.7 Å². The second-order valence-corrected chi connectivity index (χ2v) is 8.48. The second kappa shape index (κ2) is 7.39. The Morgan fingerprint density at radius 2 is 1.84 bits per heavy atom. The number of fused-ring (bicyclic) bond motifs is 3. The van der Waals surface area contributed by atoms with Gasteiger partial charge in [-0.2, -0.15) is 0 Å². The third-order valence-electron chi connectivity index (χ3n) is 6.42. The van der Waals surface area contributed by atoms with Gasteiger partial charge in [-0.15, -0.1) is 10.2 Å². The molecular weight excluding hydrogens is 394 g/mol. The Balaban J connectivity index is 1.14. The fourth-order valence-corrected chi connectivity index (χ4v) is 4.92. The summed E-state index contributed by atoms with van der Waals surface area (Å²) >= 11 is 0. The molecule has 1 aromatic heterocycles. The Labute approximate surface area is 179 Å². The number of anilines is 1. The minimum absolute atomic E-state index is 0.210. The highest BCUT2D eigenvalue weighted by Gasteiger charge is 2.39. The van der Waals surface area contributed by atoms with Crippen molar-refractivity contribution in [2.45, 2.75) is 19.5 Å². The number of aromatic nitrogens is 3. The lowest BCUT2D eigenvalue weighted by atomic mass is 9.89. The fourth-order valence-electron chi connectivity index (χ4n) is 4.92. The number of para-hydroxylation sites is 1. The molecule has 0 spiro atoms. The first-order chi connectivity index (χ1) is 15.2. The predicted octanol–water partition coefficient (Wildman–Crippen LogP) is 2.56. The summed E-state index contributed by atoms with van der Waals surface area (Å²) in [6.45, 7) is 3.98. The zero-order valence-corrected chi connectivity index (χ0v) is 17.0. The maximum Gasteiger partial charge on any atom is 0.293 e. The number of rotatable bonds is 4. The fraction of sp³-hybridized carbons (Fsp3) is 0.348. The Morgan fingerprint density at radius 3 is 2.74 bits per heavy atom. The van der Waals surface area contributed by atoms with E-state index in [1.54, 1.807) is 0 Å². The topological polar surface area (TPSA) is 81.5 Å². The number of nitrogens with zero attached hydrogens (tertiary/aromatic N) is 4. The quantitative estimate of drug-likeness (QED) is 0.703. The number of hydrogen-bond acceptors (Lipinski definition) is 6. The number of ether oxygens (including phenoxy) is 2. The van der Waals surface area contributed by atoms with Crippen LogP contribution in [0.2, 0.25) is 0 Å². The van der Waals surface area contributed by atoms with Gasteiger partial charge in [-0.25, -0.2) is 0 Å². The highest BCUT2D eigenvalue weighted by Crippen LogP contribution is 2.36. The van der Waals surface area contributed by atoms with Crippen LogP contribution in [0.1, 0.15) is 22.0 Å². The molecule has 3 aliphatic heterocycles. The number of nitrogens with one attached hydrogen (secondary N) is 1. The van der Waals surface area contributed by atoms with Crippen LogP contribution in [0.25, 0.3) is 0 Å². The summed E-state index contributed by atoms with van der Waals surface area (Å²) in [6, 6.07) is 15.6. The van der Waals surface area contributed by atoms with Gasteiger partial charge in [0, 0.05) is 38.3 Å². The zero-order valence-electron chi connectivity index (χ0n) is 17.0. The number of carbonyl (C=O) groups is 1. The third kappa shape index (κ3) is 3.42. The van der Waals surface area contributed by atoms with E-state index in [0.717, 1.165) is 55.6 Å². The molecule has 31 heavy (non-hydrogen) atoms. The van der Waals surface area contributed by atoms with E-state index in [-0.39, 0.29) is 5.91 Å². The van der Waals surface area contributed by atoms with Crippen molar-refractivity contribution in [3.8, 4) is 11.5 Å². The number of benzene rings is 2. The number of amides is 1. The Bertz CT molecular complexity index is 1130. The van der Waals surface area contributed by atoms with E-state index in [1.165, 1.54) is 5.56 Å². The van der Waals surface area contributed by atoms with Crippen molar-refractivity contribution in [3.63, 3.8) is 0 Å². The summed E-state index contributed by atoms with van der Waals surface area (Å²) in [6.07, 6.45) is 0.855. The van der Waals surface area contributed by atoms with Gasteiger partial charge in [0.15, 0.2) is 11.5 Å². The SMILES string of the molecule is O=C(Nc1ccccc1)c1nnc2n1C[C@H]1CN(Cc3ccc4c(c3)OCO4)C[C@H]1C2. The van der Waals surface area contributed by atoms with Crippen LogP contribution in [-0.4, -0.2) is 45.5 Å². The molecule has 3 aliphatic rings. The van der Waals surface area contributed by atoms with Crippen LogP contribution in [0.4, 0.5) is 5.69 Å². The Kier molecular flexibility index (Phi) is 4.38. The maximum atomic E-state index is 12.8. The number of hydrogen-bond donors (Lipinski definition) is 1. The summed E-state index contributed by atoms with van der Waals surface area (Å²) in [5.41, 5.74) is 1.99. The molecule has 0 unspecified atom stereocenters. The largest absolute Gasteiger partial charge is 0.454 e. The molecule has 2 aromatic carbocycles. The first-order valence-corrected chi connectivity index (χ1v) is 10.6. The van der Waals surface area contributed by atoms with Gasteiger partial charge < -0.3 is 19.4 Å². The van der Waals surface area contributed by atoms with Crippen LogP contribution in [0, 0.1) is 11.8 Å². The standard InChI is InChI=1S/C23H23N5O3/c29-23(24-18-4-2-1-3-5-18)22-26-25-21-9-16-11-27(12-17(16)13-28(21)22)10-15-6-7-19-20(8-15)31-14-30-19/h1-8,16-17H,9-14H2,(H,24,29)/t16-,17-/m1/s1. The van der Waals surface area contributed by atoms with E-state index in [2.05, 4.69) is 32.5 Å². The van der Waals surface area contributed by atoms with Crippen molar-refractivity contribution in [1.29, 1.82) is 0 Å². The molecule has 6 rings (SSSR count). The van der Waals surface area contributed by atoms with Crippen LogP contribution >= 0.6 is 0 Å². The lowest BCUT2D eigenvalue weighted by molar-refractivity contribution is 0.100. The lowest BCUT2D eigenvalue weighted by Gasteiger charge is -2.25. The monoisotopic (exact) mass is 417 g/mol. The van der Waals surface area contributed by atoms with E-state index in [4.69, 9.17) is 9.47 Å². The normalized spacial score (nSPS) is 21.5. The van der Waals surface area contributed by atoms with Crippen LogP contribution in [-0.2, 0) is 19.5 Å². The molecule has 8 heteroatoms. The first kappa shape index (κ1) is 18.4. The average molecular weight is 417 g/mol. The van der Waals surface area contributed by atoms with Crippen molar-refractivity contribution in [1.82, 2.24) is 19.7 Å². The van der Waals surface area contributed by atoms with E-state index in [0.29, 0.717) is 24.5 Å².